The maximum Gasteiger partial charge on any atom is 0.269 e. The zero-order chi connectivity index (χ0) is 22.6. The summed E-state index contributed by atoms with van der Waals surface area (Å²) in [4.78, 5) is 23.7. The lowest BCUT2D eigenvalue weighted by atomic mass is 10.0. The third-order valence-corrected chi connectivity index (χ3v) is 6.32. The molecule has 3 aromatic rings. The number of ether oxygens (including phenoxy) is 3. The molecular formula is C24H30ClN5O4. The van der Waals surface area contributed by atoms with E-state index in [-0.39, 0.29) is 18.0 Å². The average Bonchev–Trinajstić information content (AvgIpc) is 2.87. The van der Waals surface area contributed by atoms with Crippen molar-refractivity contribution in [3.8, 4) is 17.4 Å². The molecule has 0 spiro atoms. The number of methoxy groups -OCH3 is 1. The fourth-order valence-corrected chi connectivity index (χ4v) is 4.42. The van der Waals surface area contributed by atoms with Crippen LogP contribution in [-0.4, -0.2) is 65.4 Å². The number of nitrogens with zero attached hydrogens (tertiary/aromatic N) is 4. The van der Waals surface area contributed by atoms with E-state index in [9.17, 15) is 4.79 Å². The van der Waals surface area contributed by atoms with Gasteiger partial charge in [0.05, 0.1) is 30.0 Å². The Morgan fingerprint density at radius 2 is 1.94 bits per heavy atom. The first-order valence-electron chi connectivity index (χ1n) is 11.4. The van der Waals surface area contributed by atoms with Crippen molar-refractivity contribution in [2.24, 2.45) is 0 Å². The number of rotatable bonds is 7. The van der Waals surface area contributed by atoms with Crippen LogP contribution < -0.4 is 25.1 Å². The monoisotopic (exact) mass is 487 g/mol. The van der Waals surface area contributed by atoms with Gasteiger partial charge in [-0.1, -0.05) is 0 Å². The molecule has 2 aromatic heterocycles. The maximum atomic E-state index is 12.5. The summed E-state index contributed by atoms with van der Waals surface area (Å²) in [5.41, 5.74) is 2.48. The van der Waals surface area contributed by atoms with Crippen molar-refractivity contribution in [2.45, 2.75) is 32.0 Å². The van der Waals surface area contributed by atoms with Gasteiger partial charge >= 0.3 is 0 Å². The molecule has 0 unspecified atom stereocenters. The quantitative estimate of drug-likeness (QED) is 0.542. The molecule has 1 N–H and O–H groups in total. The number of likely N-dealkylation sites (tertiary alicyclic amines) is 1. The van der Waals surface area contributed by atoms with Crippen LogP contribution in [0.5, 0.6) is 17.4 Å². The average molecular weight is 488 g/mol. The highest BCUT2D eigenvalue weighted by atomic mass is 35.5. The molecular weight excluding hydrogens is 458 g/mol. The highest BCUT2D eigenvalue weighted by Gasteiger charge is 2.20. The zero-order valence-corrected chi connectivity index (χ0v) is 20.1. The molecule has 182 valence electrons. The number of halogens is 1. The van der Waals surface area contributed by atoms with Gasteiger partial charge in [0, 0.05) is 31.7 Å². The van der Waals surface area contributed by atoms with Gasteiger partial charge < -0.3 is 29.0 Å². The summed E-state index contributed by atoms with van der Waals surface area (Å²) in [6.07, 6.45) is 3.52. The van der Waals surface area contributed by atoms with Gasteiger partial charge in [0.25, 0.3) is 11.4 Å². The summed E-state index contributed by atoms with van der Waals surface area (Å²) in [6, 6.07) is 10.00. The second kappa shape index (κ2) is 11.0. The standard InChI is InChI=1S/C24H29N5O4.ClH/c1-31-19-3-4-20-21(14-19)29(23(30)16-26-20)11-10-28-8-6-17(7-9-28)25-15-18-2-5-22-24(27-18)33-13-12-32-22;/h2-5,14,16-17,25H,6-13,15H2,1H3;1H. The Morgan fingerprint density at radius 1 is 1.12 bits per heavy atom. The summed E-state index contributed by atoms with van der Waals surface area (Å²) in [5, 5.41) is 3.62. The van der Waals surface area contributed by atoms with E-state index in [0.29, 0.717) is 38.2 Å². The van der Waals surface area contributed by atoms with Crippen molar-refractivity contribution in [1.82, 2.24) is 24.8 Å². The molecule has 1 fully saturated rings. The highest BCUT2D eigenvalue weighted by molar-refractivity contribution is 5.85. The number of aromatic nitrogens is 3. The molecule has 0 amide bonds. The Bertz CT molecular complexity index is 1180. The molecule has 0 radical (unpaired) electrons. The van der Waals surface area contributed by atoms with Crippen LogP contribution in [0.15, 0.2) is 41.3 Å². The molecule has 0 atom stereocenters. The van der Waals surface area contributed by atoms with E-state index >= 15 is 0 Å². The van der Waals surface area contributed by atoms with Crippen LogP contribution in [-0.2, 0) is 13.1 Å². The first kappa shape index (κ1) is 24.3. The van der Waals surface area contributed by atoms with Gasteiger partial charge in [0.2, 0.25) is 0 Å². The van der Waals surface area contributed by atoms with Gasteiger partial charge in [-0.3, -0.25) is 4.79 Å². The molecule has 0 aliphatic carbocycles. The Labute approximate surface area is 204 Å². The molecule has 34 heavy (non-hydrogen) atoms. The number of benzene rings is 1. The molecule has 10 heteroatoms. The van der Waals surface area contributed by atoms with Crippen LogP contribution >= 0.6 is 12.4 Å². The second-order valence-corrected chi connectivity index (χ2v) is 8.40. The Kier molecular flexibility index (Phi) is 7.87. The third kappa shape index (κ3) is 5.43. The summed E-state index contributed by atoms with van der Waals surface area (Å²) in [5.74, 6) is 2.03. The van der Waals surface area contributed by atoms with Gasteiger partial charge in [-0.15, -0.1) is 12.4 Å². The van der Waals surface area contributed by atoms with Crippen LogP contribution in [0.1, 0.15) is 18.5 Å². The number of pyridine rings is 1. The fourth-order valence-electron chi connectivity index (χ4n) is 4.42. The molecule has 0 bridgehead atoms. The number of hydrogen-bond acceptors (Lipinski definition) is 8. The molecule has 2 aliphatic heterocycles. The Balaban J connectivity index is 0.00000274. The van der Waals surface area contributed by atoms with Crippen LogP contribution in [0.2, 0.25) is 0 Å². The first-order valence-corrected chi connectivity index (χ1v) is 11.4. The van der Waals surface area contributed by atoms with E-state index in [2.05, 4.69) is 20.2 Å². The first-order chi connectivity index (χ1) is 16.2. The minimum atomic E-state index is -0.0840. The Morgan fingerprint density at radius 3 is 2.76 bits per heavy atom. The summed E-state index contributed by atoms with van der Waals surface area (Å²) in [7, 11) is 1.63. The largest absolute Gasteiger partial charge is 0.497 e. The lowest BCUT2D eigenvalue weighted by molar-refractivity contribution is 0.163. The SMILES string of the molecule is COc1ccc2ncc(=O)n(CCN3CCC(NCc4ccc5c(n4)OCCO5)CC3)c2c1.Cl. The fraction of sp³-hybridized carbons (Fsp3) is 0.458. The minimum absolute atomic E-state index is 0. The van der Waals surface area contributed by atoms with Crippen molar-refractivity contribution in [2.75, 3.05) is 40.0 Å². The van der Waals surface area contributed by atoms with E-state index in [4.69, 9.17) is 14.2 Å². The molecule has 2 aliphatic rings. The van der Waals surface area contributed by atoms with E-state index < -0.39 is 0 Å². The van der Waals surface area contributed by atoms with Crippen LogP contribution in [0.4, 0.5) is 0 Å². The van der Waals surface area contributed by atoms with Crippen LogP contribution in [0, 0.1) is 0 Å². The smallest absolute Gasteiger partial charge is 0.269 e. The number of piperidine rings is 1. The van der Waals surface area contributed by atoms with Gasteiger partial charge in [0.15, 0.2) is 5.75 Å². The number of nitrogens with one attached hydrogen (secondary N) is 1. The molecule has 1 aromatic carbocycles. The van der Waals surface area contributed by atoms with E-state index in [0.717, 1.165) is 60.7 Å². The topological polar surface area (TPSA) is 90.7 Å². The Hall–Kier alpha value is -2.88. The van der Waals surface area contributed by atoms with Crippen molar-refractivity contribution in [1.29, 1.82) is 0 Å². The normalized spacial score (nSPS) is 16.3. The van der Waals surface area contributed by atoms with Crippen LogP contribution in [0.3, 0.4) is 0 Å². The molecule has 4 heterocycles. The maximum absolute atomic E-state index is 12.5. The molecule has 5 rings (SSSR count). The van der Waals surface area contributed by atoms with Gasteiger partial charge in [0.1, 0.15) is 19.0 Å². The van der Waals surface area contributed by atoms with Crippen LogP contribution in [0.25, 0.3) is 11.0 Å². The lowest BCUT2D eigenvalue weighted by Gasteiger charge is -2.32. The molecule has 1 saturated heterocycles. The van der Waals surface area contributed by atoms with E-state index in [1.165, 1.54) is 6.20 Å². The third-order valence-electron chi connectivity index (χ3n) is 6.32. The zero-order valence-electron chi connectivity index (χ0n) is 19.2. The summed E-state index contributed by atoms with van der Waals surface area (Å²) < 4.78 is 18.2. The summed E-state index contributed by atoms with van der Waals surface area (Å²) >= 11 is 0. The van der Waals surface area contributed by atoms with Gasteiger partial charge in [-0.25, -0.2) is 9.97 Å². The van der Waals surface area contributed by atoms with E-state index in [1.807, 2.05) is 30.3 Å². The van der Waals surface area contributed by atoms with Crippen molar-refractivity contribution >= 4 is 23.4 Å². The number of hydrogen-bond donors (Lipinski definition) is 1. The predicted molar refractivity (Wildman–Crippen MR) is 131 cm³/mol. The summed E-state index contributed by atoms with van der Waals surface area (Å²) in [6.45, 7) is 5.27. The second-order valence-electron chi connectivity index (χ2n) is 8.40. The molecule has 9 nitrogen and oxygen atoms in total. The van der Waals surface area contributed by atoms with E-state index in [1.54, 1.807) is 11.7 Å². The molecule has 0 saturated carbocycles. The van der Waals surface area contributed by atoms with Crippen molar-refractivity contribution in [3.05, 3.63) is 52.6 Å². The van der Waals surface area contributed by atoms with Gasteiger partial charge in [-0.05, 0) is 50.2 Å². The predicted octanol–water partition coefficient (Wildman–Crippen LogP) is 2.25. The lowest BCUT2D eigenvalue weighted by Crippen LogP contribution is -2.43. The highest BCUT2D eigenvalue weighted by Crippen LogP contribution is 2.27. The van der Waals surface area contributed by atoms with Gasteiger partial charge in [-0.2, -0.15) is 0 Å². The van der Waals surface area contributed by atoms with Crippen molar-refractivity contribution < 1.29 is 14.2 Å². The van der Waals surface area contributed by atoms with Crippen molar-refractivity contribution in [3.63, 3.8) is 0 Å². The number of fused-ring (bicyclic) bond motifs is 2. The minimum Gasteiger partial charge on any atom is -0.497 e.